The van der Waals surface area contributed by atoms with Gasteiger partial charge in [-0.2, -0.15) is 0 Å². The van der Waals surface area contributed by atoms with Crippen LogP contribution >= 0.6 is 0 Å². The summed E-state index contributed by atoms with van der Waals surface area (Å²) < 4.78 is 15.7. The summed E-state index contributed by atoms with van der Waals surface area (Å²) in [5.41, 5.74) is 7.27. The van der Waals surface area contributed by atoms with Gasteiger partial charge in [-0.15, -0.1) is 0 Å². The van der Waals surface area contributed by atoms with E-state index in [9.17, 15) is 0 Å². The van der Waals surface area contributed by atoms with Gasteiger partial charge in [-0.05, 0) is 24.6 Å². The number of methoxy groups -OCH3 is 2. The summed E-state index contributed by atoms with van der Waals surface area (Å²) in [5.74, 6) is 2.35. The highest BCUT2D eigenvalue weighted by Gasteiger charge is 2.15. The summed E-state index contributed by atoms with van der Waals surface area (Å²) in [6.45, 7) is 1.94. The first kappa shape index (κ1) is 11.3. The van der Waals surface area contributed by atoms with E-state index in [4.69, 9.17) is 19.7 Å². The van der Waals surface area contributed by atoms with Gasteiger partial charge in [-0.25, -0.2) is 0 Å². The third-order valence-corrected chi connectivity index (χ3v) is 2.48. The summed E-state index contributed by atoms with van der Waals surface area (Å²) >= 11 is 0. The molecule has 5 nitrogen and oxygen atoms in total. The van der Waals surface area contributed by atoms with E-state index in [-0.39, 0.29) is 0 Å². The second-order valence-electron chi connectivity index (χ2n) is 3.64. The molecule has 0 aliphatic heterocycles. The van der Waals surface area contributed by atoms with Crippen LogP contribution < -0.4 is 15.2 Å². The first-order chi connectivity index (χ1) is 8.15. The zero-order valence-electron chi connectivity index (χ0n) is 9.98. The number of nitrogens with two attached hydrogens (primary N) is 1. The minimum absolute atomic E-state index is 0.336. The minimum Gasteiger partial charge on any atom is -0.497 e. The number of ether oxygens (including phenoxy) is 2. The fourth-order valence-electron chi connectivity index (χ4n) is 1.73. The van der Waals surface area contributed by atoms with Crippen LogP contribution in [0, 0.1) is 6.92 Å². The van der Waals surface area contributed by atoms with Crippen LogP contribution in [-0.2, 0) is 0 Å². The normalized spacial score (nSPS) is 10.3. The van der Waals surface area contributed by atoms with Crippen LogP contribution in [0.15, 0.2) is 22.7 Å². The number of nitrogens with zero attached hydrogens (tertiary/aromatic N) is 1. The van der Waals surface area contributed by atoms with Gasteiger partial charge in [-0.1, -0.05) is 5.16 Å². The van der Waals surface area contributed by atoms with Crippen molar-refractivity contribution in [3.8, 4) is 22.8 Å². The van der Waals surface area contributed by atoms with E-state index >= 15 is 0 Å². The Hall–Kier alpha value is -2.17. The predicted molar refractivity (Wildman–Crippen MR) is 64.2 cm³/mol. The molecule has 0 radical (unpaired) electrons. The molecular weight excluding hydrogens is 220 g/mol. The van der Waals surface area contributed by atoms with Crippen molar-refractivity contribution in [1.82, 2.24) is 5.16 Å². The Balaban J connectivity index is 2.61. The average Bonchev–Trinajstić information content (AvgIpc) is 2.74. The lowest BCUT2D eigenvalue weighted by atomic mass is 10.1. The standard InChI is InChI=1S/C12H14N2O3/c1-7-4-8(15-2)5-9(12(7)16-3)10-6-11(13)14-17-10/h4-6H,1-3H3,(H2,13,14). The van der Waals surface area contributed by atoms with Crippen molar-refractivity contribution in [2.45, 2.75) is 6.92 Å². The molecule has 1 aromatic carbocycles. The van der Waals surface area contributed by atoms with E-state index in [1.165, 1.54) is 0 Å². The highest BCUT2D eigenvalue weighted by Crippen LogP contribution is 2.37. The average molecular weight is 234 g/mol. The van der Waals surface area contributed by atoms with Crippen molar-refractivity contribution >= 4 is 5.82 Å². The van der Waals surface area contributed by atoms with Crippen molar-refractivity contribution in [3.63, 3.8) is 0 Å². The Morgan fingerprint density at radius 2 is 1.94 bits per heavy atom. The zero-order valence-corrected chi connectivity index (χ0v) is 9.98. The van der Waals surface area contributed by atoms with E-state index in [1.54, 1.807) is 20.3 Å². The zero-order chi connectivity index (χ0) is 12.4. The number of aryl methyl sites for hydroxylation is 1. The topological polar surface area (TPSA) is 70.5 Å². The van der Waals surface area contributed by atoms with Gasteiger partial charge in [0.2, 0.25) is 0 Å². The fourth-order valence-corrected chi connectivity index (χ4v) is 1.73. The lowest BCUT2D eigenvalue weighted by molar-refractivity contribution is 0.395. The number of hydrogen-bond acceptors (Lipinski definition) is 5. The molecule has 2 rings (SSSR count). The smallest absolute Gasteiger partial charge is 0.172 e. The molecule has 5 heteroatoms. The molecule has 0 saturated heterocycles. The van der Waals surface area contributed by atoms with Crippen LogP contribution in [0.3, 0.4) is 0 Å². The second kappa shape index (κ2) is 4.37. The van der Waals surface area contributed by atoms with Gasteiger partial charge in [-0.3, -0.25) is 0 Å². The van der Waals surface area contributed by atoms with Gasteiger partial charge in [0.1, 0.15) is 11.5 Å². The summed E-state index contributed by atoms with van der Waals surface area (Å²) in [6, 6.07) is 5.37. The lowest BCUT2D eigenvalue weighted by Crippen LogP contribution is -1.93. The number of hydrogen-bond donors (Lipinski definition) is 1. The van der Waals surface area contributed by atoms with Crippen molar-refractivity contribution in [2.75, 3.05) is 20.0 Å². The van der Waals surface area contributed by atoms with Crippen LogP contribution in [0.4, 0.5) is 5.82 Å². The van der Waals surface area contributed by atoms with Crippen molar-refractivity contribution in [1.29, 1.82) is 0 Å². The molecule has 1 aromatic heterocycles. The molecule has 0 spiro atoms. The van der Waals surface area contributed by atoms with Crippen LogP contribution in [-0.4, -0.2) is 19.4 Å². The number of nitrogen functional groups attached to an aromatic ring is 1. The Morgan fingerprint density at radius 1 is 1.18 bits per heavy atom. The van der Waals surface area contributed by atoms with Gasteiger partial charge < -0.3 is 19.7 Å². The molecule has 90 valence electrons. The van der Waals surface area contributed by atoms with Gasteiger partial charge in [0, 0.05) is 6.07 Å². The number of benzene rings is 1. The van der Waals surface area contributed by atoms with E-state index in [0.717, 1.165) is 22.6 Å². The first-order valence-electron chi connectivity index (χ1n) is 5.11. The Bertz CT molecular complexity index is 535. The third-order valence-electron chi connectivity index (χ3n) is 2.48. The molecule has 17 heavy (non-hydrogen) atoms. The van der Waals surface area contributed by atoms with E-state index in [0.29, 0.717) is 11.6 Å². The molecule has 0 fully saturated rings. The lowest BCUT2D eigenvalue weighted by Gasteiger charge is -2.11. The van der Waals surface area contributed by atoms with Crippen molar-refractivity contribution in [3.05, 3.63) is 23.8 Å². The summed E-state index contributed by atoms with van der Waals surface area (Å²) in [4.78, 5) is 0. The molecule has 0 amide bonds. The van der Waals surface area contributed by atoms with E-state index in [1.807, 2.05) is 19.1 Å². The molecule has 0 saturated carbocycles. The SMILES string of the molecule is COc1cc(C)c(OC)c(-c2cc(N)no2)c1. The largest absolute Gasteiger partial charge is 0.497 e. The molecule has 0 aliphatic rings. The maximum Gasteiger partial charge on any atom is 0.172 e. The van der Waals surface area contributed by atoms with Crippen LogP contribution in [0.25, 0.3) is 11.3 Å². The summed E-state index contributed by atoms with van der Waals surface area (Å²) in [5, 5.41) is 3.66. The van der Waals surface area contributed by atoms with Crippen LogP contribution in [0.5, 0.6) is 11.5 Å². The van der Waals surface area contributed by atoms with Gasteiger partial charge >= 0.3 is 0 Å². The maximum absolute atomic E-state index is 5.54. The van der Waals surface area contributed by atoms with E-state index in [2.05, 4.69) is 5.16 Å². The number of anilines is 1. The Morgan fingerprint density at radius 3 is 2.47 bits per heavy atom. The van der Waals surface area contributed by atoms with Crippen LogP contribution in [0.2, 0.25) is 0 Å². The fraction of sp³-hybridized carbons (Fsp3) is 0.250. The minimum atomic E-state index is 0.336. The van der Waals surface area contributed by atoms with Crippen LogP contribution in [0.1, 0.15) is 5.56 Å². The molecule has 1 heterocycles. The molecule has 2 N–H and O–H groups in total. The Kier molecular flexibility index (Phi) is 2.91. The van der Waals surface area contributed by atoms with Gasteiger partial charge in [0.15, 0.2) is 11.6 Å². The summed E-state index contributed by atoms with van der Waals surface area (Å²) in [6.07, 6.45) is 0. The van der Waals surface area contributed by atoms with Crippen molar-refractivity contribution < 1.29 is 14.0 Å². The third kappa shape index (κ3) is 2.04. The van der Waals surface area contributed by atoms with Crippen molar-refractivity contribution in [2.24, 2.45) is 0 Å². The molecule has 2 aromatic rings. The Labute approximate surface area is 99.1 Å². The van der Waals surface area contributed by atoms with Gasteiger partial charge in [0.05, 0.1) is 19.8 Å². The quantitative estimate of drug-likeness (QED) is 0.881. The molecule has 0 bridgehead atoms. The number of aromatic nitrogens is 1. The predicted octanol–water partition coefficient (Wildman–Crippen LogP) is 2.25. The molecule has 0 atom stereocenters. The highest BCUT2D eigenvalue weighted by molar-refractivity contribution is 5.71. The maximum atomic E-state index is 5.54. The molecule has 0 aliphatic carbocycles. The highest BCUT2D eigenvalue weighted by atomic mass is 16.5. The molecular formula is C12H14N2O3. The second-order valence-corrected chi connectivity index (χ2v) is 3.64. The van der Waals surface area contributed by atoms with Gasteiger partial charge in [0.25, 0.3) is 0 Å². The number of rotatable bonds is 3. The summed E-state index contributed by atoms with van der Waals surface area (Å²) in [7, 11) is 3.22. The molecule has 0 unspecified atom stereocenters. The first-order valence-corrected chi connectivity index (χ1v) is 5.11. The monoisotopic (exact) mass is 234 g/mol. The van der Waals surface area contributed by atoms with E-state index < -0.39 is 0 Å².